The predicted molar refractivity (Wildman–Crippen MR) is 32.5 cm³/mol. The van der Waals surface area contributed by atoms with Gasteiger partial charge in [0.05, 0.1) is 6.10 Å². The SMILES string of the molecule is COC1CCN(C[O])C1. The van der Waals surface area contributed by atoms with Gasteiger partial charge in [0.25, 0.3) is 0 Å². The van der Waals surface area contributed by atoms with Crippen molar-refractivity contribution in [3.8, 4) is 0 Å². The second kappa shape index (κ2) is 3.15. The van der Waals surface area contributed by atoms with E-state index in [2.05, 4.69) is 0 Å². The predicted octanol–water partition coefficient (Wildman–Crippen LogP) is 0.0951. The Labute approximate surface area is 55.2 Å². The highest BCUT2D eigenvalue weighted by molar-refractivity contribution is 4.72. The second-order valence-electron chi connectivity index (χ2n) is 2.35. The van der Waals surface area contributed by atoms with Crippen molar-refractivity contribution in [2.24, 2.45) is 0 Å². The number of ether oxygens (including phenoxy) is 1. The van der Waals surface area contributed by atoms with Gasteiger partial charge in [-0.05, 0) is 6.42 Å². The van der Waals surface area contributed by atoms with Crippen LogP contribution in [0.3, 0.4) is 0 Å². The summed E-state index contributed by atoms with van der Waals surface area (Å²) < 4.78 is 5.06. The molecule has 0 spiro atoms. The largest absolute Gasteiger partial charge is 0.380 e. The summed E-state index contributed by atoms with van der Waals surface area (Å²) in [5.41, 5.74) is 0. The third-order valence-corrected chi connectivity index (χ3v) is 1.75. The van der Waals surface area contributed by atoms with Crippen molar-refractivity contribution in [2.45, 2.75) is 12.5 Å². The van der Waals surface area contributed by atoms with Crippen LogP contribution >= 0.6 is 0 Å². The van der Waals surface area contributed by atoms with Crippen LogP contribution in [0, 0.1) is 0 Å². The summed E-state index contributed by atoms with van der Waals surface area (Å²) in [6.45, 7) is 1.64. The van der Waals surface area contributed by atoms with Crippen molar-refractivity contribution in [3.63, 3.8) is 0 Å². The molecule has 1 aliphatic heterocycles. The lowest BCUT2D eigenvalue weighted by molar-refractivity contribution is 0.0481. The molecule has 53 valence electrons. The van der Waals surface area contributed by atoms with Crippen molar-refractivity contribution >= 4 is 0 Å². The van der Waals surface area contributed by atoms with Gasteiger partial charge >= 0.3 is 0 Å². The zero-order valence-electron chi connectivity index (χ0n) is 5.67. The molecular weight excluding hydrogens is 118 g/mol. The van der Waals surface area contributed by atoms with Gasteiger partial charge in [0.15, 0.2) is 0 Å². The molecule has 1 aliphatic rings. The summed E-state index contributed by atoms with van der Waals surface area (Å²) in [6, 6.07) is 0. The Bertz CT molecular complexity index is 77.1. The lowest BCUT2D eigenvalue weighted by Gasteiger charge is -2.08. The van der Waals surface area contributed by atoms with Gasteiger partial charge in [-0.15, -0.1) is 0 Å². The number of methoxy groups -OCH3 is 1. The van der Waals surface area contributed by atoms with Gasteiger partial charge < -0.3 is 4.74 Å². The maximum absolute atomic E-state index is 10.3. The Morgan fingerprint density at radius 2 is 2.56 bits per heavy atom. The van der Waals surface area contributed by atoms with E-state index in [1.54, 1.807) is 7.11 Å². The van der Waals surface area contributed by atoms with Crippen molar-refractivity contribution in [3.05, 3.63) is 0 Å². The van der Waals surface area contributed by atoms with Crippen molar-refractivity contribution in [1.29, 1.82) is 0 Å². The quantitative estimate of drug-likeness (QED) is 0.531. The van der Waals surface area contributed by atoms with Gasteiger partial charge in [0.2, 0.25) is 0 Å². The van der Waals surface area contributed by atoms with Gasteiger partial charge in [-0.25, -0.2) is 5.11 Å². The number of rotatable bonds is 2. The topological polar surface area (TPSA) is 32.4 Å². The first kappa shape index (κ1) is 6.99. The Morgan fingerprint density at radius 1 is 1.78 bits per heavy atom. The fourth-order valence-corrected chi connectivity index (χ4v) is 1.11. The molecule has 9 heavy (non-hydrogen) atoms. The summed E-state index contributed by atoms with van der Waals surface area (Å²) >= 11 is 0. The van der Waals surface area contributed by atoms with E-state index in [1.165, 1.54) is 0 Å². The molecule has 0 amide bonds. The first-order valence-corrected chi connectivity index (χ1v) is 3.20. The Hall–Kier alpha value is -0.120. The van der Waals surface area contributed by atoms with Crippen LogP contribution in [-0.4, -0.2) is 37.9 Å². The van der Waals surface area contributed by atoms with E-state index >= 15 is 0 Å². The van der Waals surface area contributed by atoms with E-state index in [9.17, 15) is 5.11 Å². The summed E-state index contributed by atoms with van der Waals surface area (Å²) in [6.07, 6.45) is 1.32. The van der Waals surface area contributed by atoms with Crippen LogP contribution in [-0.2, 0) is 9.84 Å². The molecule has 0 saturated carbocycles. The Morgan fingerprint density at radius 3 is 2.89 bits per heavy atom. The third kappa shape index (κ3) is 1.64. The van der Waals surface area contributed by atoms with Gasteiger partial charge in [-0.3, -0.25) is 4.90 Å². The standard InChI is InChI=1S/C6H12NO2/c1-9-6-2-3-7(4-6)5-8/h6H,2-5H2,1H3. The normalized spacial score (nSPS) is 29.3. The van der Waals surface area contributed by atoms with Crippen LogP contribution in [0.2, 0.25) is 0 Å². The number of nitrogens with zero attached hydrogens (tertiary/aromatic N) is 1. The van der Waals surface area contributed by atoms with Gasteiger partial charge in [0.1, 0.15) is 6.73 Å². The van der Waals surface area contributed by atoms with Crippen LogP contribution < -0.4 is 0 Å². The molecule has 0 N–H and O–H groups in total. The van der Waals surface area contributed by atoms with E-state index < -0.39 is 0 Å². The molecule has 1 atom stereocenters. The molecule has 1 saturated heterocycles. The zero-order chi connectivity index (χ0) is 6.69. The van der Waals surface area contributed by atoms with Crippen LogP contribution in [0.15, 0.2) is 0 Å². The van der Waals surface area contributed by atoms with E-state index in [-0.39, 0.29) is 6.73 Å². The second-order valence-corrected chi connectivity index (χ2v) is 2.35. The molecule has 0 aliphatic carbocycles. The minimum Gasteiger partial charge on any atom is -0.380 e. The van der Waals surface area contributed by atoms with Crippen LogP contribution in [0.4, 0.5) is 0 Å². The average molecular weight is 130 g/mol. The summed E-state index contributed by atoms with van der Waals surface area (Å²) in [5.74, 6) is 0. The highest BCUT2D eigenvalue weighted by Crippen LogP contribution is 2.09. The summed E-state index contributed by atoms with van der Waals surface area (Å²) in [5, 5.41) is 10.3. The monoisotopic (exact) mass is 130 g/mol. The minimum absolute atomic E-state index is 0.0835. The molecule has 1 rings (SSSR count). The molecule has 1 radical (unpaired) electrons. The summed E-state index contributed by atoms with van der Waals surface area (Å²) in [7, 11) is 1.69. The fourth-order valence-electron chi connectivity index (χ4n) is 1.11. The van der Waals surface area contributed by atoms with Crippen LogP contribution in [0.5, 0.6) is 0 Å². The molecule has 0 aromatic carbocycles. The number of hydrogen-bond donors (Lipinski definition) is 0. The number of hydrogen-bond acceptors (Lipinski definition) is 2. The van der Waals surface area contributed by atoms with Gasteiger partial charge in [-0.2, -0.15) is 0 Å². The molecule has 0 aromatic rings. The molecule has 3 heteroatoms. The van der Waals surface area contributed by atoms with E-state index in [0.29, 0.717) is 6.10 Å². The number of likely N-dealkylation sites (tertiary alicyclic amines) is 1. The first-order valence-electron chi connectivity index (χ1n) is 3.20. The zero-order valence-corrected chi connectivity index (χ0v) is 5.67. The third-order valence-electron chi connectivity index (χ3n) is 1.75. The minimum atomic E-state index is -0.0835. The molecule has 0 aromatic heterocycles. The lowest BCUT2D eigenvalue weighted by Crippen LogP contribution is -2.22. The van der Waals surface area contributed by atoms with Gasteiger partial charge in [-0.1, -0.05) is 0 Å². The summed E-state index contributed by atoms with van der Waals surface area (Å²) in [4.78, 5) is 1.86. The highest BCUT2D eigenvalue weighted by atomic mass is 16.5. The lowest BCUT2D eigenvalue weighted by atomic mass is 10.3. The van der Waals surface area contributed by atoms with Crippen LogP contribution in [0.1, 0.15) is 6.42 Å². The molecular formula is C6H12NO2. The van der Waals surface area contributed by atoms with Crippen molar-refractivity contribution in [1.82, 2.24) is 4.90 Å². The Kier molecular flexibility index (Phi) is 2.45. The molecule has 0 bridgehead atoms. The highest BCUT2D eigenvalue weighted by Gasteiger charge is 2.20. The molecule has 1 fully saturated rings. The van der Waals surface area contributed by atoms with E-state index in [4.69, 9.17) is 4.74 Å². The Balaban J connectivity index is 2.20. The fraction of sp³-hybridized carbons (Fsp3) is 1.00. The van der Waals surface area contributed by atoms with E-state index in [1.807, 2.05) is 4.90 Å². The average Bonchev–Trinajstić information content (AvgIpc) is 2.34. The molecule has 1 heterocycles. The van der Waals surface area contributed by atoms with Crippen molar-refractivity contribution < 1.29 is 9.84 Å². The first-order chi connectivity index (χ1) is 4.36. The molecule has 3 nitrogen and oxygen atoms in total. The van der Waals surface area contributed by atoms with Crippen LogP contribution in [0.25, 0.3) is 0 Å². The van der Waals surface area contributed by atoms with E-state index in [0.717, 1.165) is 19.5 Å². The maximum atomic E-state index is 10.3. The maximum Gasteiger partial charge on any atom is 0.135 e. The van der Waals surface area contributed by atoms with Gasteiger partial charge in [0, 0.05) is 20.2 Å². The smallest absolute Gasteiger partial charge is 0.135 e. The van der Waals surface area contributed by atoms with Crippen molar-refractivity contribution in [2.75, 3.05) is 26.9 Å². The molecule has 1 unspecified atom stereocenters.